The van der Waals surface area contributed by atoms with Crippen LogP contribution in [0.5, 0.6) is 5.75 Å². The van der Waals surface area contributed by atoms with Gasteiger partial charge in [0.1, 0.15) is 17.4 Å². The van der Waals surface area contributed by atoms with Gasteiger partial charge in [0.15, 0.2) is 0 Å². The van der Waals surface area contributed by atoms with Gasteiger partial charge in [0, 0.05) is 12.2 Å². The Kier molecular flexibility index (Phi) is 3.60. The zero-order valence-corrected chi connectivity index (χ0v) is 13.4. The summed E-state index contributed by atoms with van der Waals surface area (Å²) in [5, 5.41) is 3.42. The summed E-state index contributed by atoms with van der Waals surface area (Å²) in [5.41, 5.74) is 0.389. The van der Waals surface area contributed by atoms with Crippen LogP contribution in [0.4, 0.5) is 0 Å². The molecule has 1 aromatic carbocycles. The molecule has 22 heavy (non-hydrogen) atoms. The van der Waals surface area contributed by atoms with E-state index in [-0.39, 0.29) is 29.0 Å². The Bertz CT molecular complexity index is 826. The van der Waals surface area contributed by atoms with Crippen molar-refractivity contribution in [2.75, 3.05) is 0 Å². The number of carbonyl (C=O) groups is 1. The molecule has 0 spiro atoms. The van der Waals surface area contributed by atoms with Crippen LogP contribution in [0.25, 0.3) is 10.9 Å². The van der Waals surface area contributed by atoms with Gasteiger partial charge in [-0.25, -0.2) is 0 Å². The fourth-order valence-corrected chi connectivity index (χ4v) is 2.97. The van der Waals surface area contributed by atoms with Gasteiger partial charge < -0.3 is 14.6 Å². The molecule has 116 valence electrons. The van der Waals surface area contributed by atoms with E-state index in [2.05, 4.69) is 5.32 Å². The fourth-order valence-electron chi connectivity index (χ4n) is 2.73. The maximum Gasteiger partial charge on any atom is 0.256 e. The standard InChI is InChI=1S/C16H17ClN2O3/c1-8(2)18-16(21)10-7-19-6-9(3)22-12-5-4-11(17)13(14(12)19)15(10)20/h4-5,7-9H,6H2,1-3H3,(H,18,21)/t9-/m1/s1. The van der Waals surface area contributed by atoms with E-state index < -0.39 is 0 Å². The zero-order chi connectivity index (χ0) is 16.0. The van der Waals surface area contributed by atoms with Crippen LogP contribution in [-0.2, 0) is 6.54 Å². The van der Waals surface area contributed by atoms with Crippen molar-refractivity contribution < 1.29 is 9.53 Å². The molecule has 0 radical (unpaired) electrons. The van der Waals surface area contributed by atoms with Crippen molar-refractivity contribution in [3.05, 3.63) is 39.1 Å². The van der Waals surface area contributed by atoms with E-state index >= 15 is 0 Å². The molecular formula is C16H17ClN2O3. The molecule has 2 aromatic rings. The van der Waals surface area contributed by atoms with E-state index in [0.29, 0.717) is 28.2 Å². The molecule has 0 saturated heterocycles. The molecule has 1 aromatic heterocycles. The average molecular weight is 321 g/mol. The predicted octanol–water partition coefficient (Wildman–Crippen LogP) is 2.57. The Morgan fingerprint density at radius 1 is 1.45 bits per heavy atom. The minimum atomic E-state index is -0.383. The number of pyridine rings is 1. The molecule has 0 bridgehead atoms. The molecule has 2 heterocycles. The number of nitrogens with one attached hydrogen (secondary N) is 1. The zero-order valence-electron chi connectivity index (χ0n) is 12.6. The highest BCUT2D eigenvalue weighted by Crippen LogP contribution is 2.33. The molecule has 1 aliphatic heterocycles. The smallest absolute Gasteiger partial charge is 0.256 e. The number of aromatic nitrogens is 1. The normalized spacial score (nSPS) is 16.7. The summed E-state index contributed by atoms with van der Waals surface area (Å²) in [7, 11) is 0. The molecule has 1 atom stereocenters. The van der Waals surface area contributed by atoms with Gasteiger partial charge in [0.05, 0.1) is 22.5 Å². The van der Waals surface area contributed by atoms with E-state index in [1.165, 1.54) is 0 Å². The summed E-state index contributed by atoms with van der Waals surface area (Å²) >= 11 is 6.21. The van der Waals surface area contributed by atoms with Crippen molar-refractivity contribution in [3.63, 3.8) is 0 Å². The minimum absolute atomic E-state index is 0.0413. The molecule has 5 nitrogen and oxygen atoms in total. The van der Waals surface area contributed by atoms with Crippen LogP contribution >= 0.6 is 11.6 Å². The first-order valence-electron chi connectivity index (χ1n) is 7.21. The van der Waals surface area contributed by atoms with E-state index in [0.717, 1.165) is 0 Å². The number of nitrogens with zero attached hydrogens (tertiary/aromatic N) is 1. The van der Waals surface area contributed by atoms with E-state index in [1.807, 2.05) is 25.3 Å². The number of hydrogen-bond acceptors (Lipinski definition) is 3. The third kappa shape index (κ3) is 2.35. The second-order valence-corrected chi connectivity index (χ2v) is 6.26. The summed E-state index contributed by atoms with van der Waals surface area (Å²) in [6, 6.07) is 3.34. The van der Waals surface area contributed by atoms with Crippen molar-refractivity contribution in [3.8, 4) is 5.75 Å². The monoisotopic (exact) mass is 320 g/mol. The number of rotatable bonds is 2. The topological polar surface area (TPSA) is 60.3 Å². The quantitative estimate of drug-likeness (QED) is 0.925. The lowest BCUT2D eigenvalue weighted by atomic mass is 10.1. The molecule has 1 amide bonds. The molecule has 0 fully saturated rings. The highest BCUT2D eigenvalue weighted by molar-refractivity contribution is 6.35. The Morgan fingerprint density at radius 2 is 2.18 bits per heavy atom. The van der Waals surface area contributed by atoms with Crippen LogP contribution in [0.2, 0.25) is 5.02 Å². The van der Waals surface area contributed by atoms with Crippen molar-refractivity contribution in [1.82, 2.24) is 9.88 Å². The Labute approximate surface area is 132 Å². The summed E-state index contributed by atoms with van der Waals surface area (Å²) in [6.07, 6.45) is 1.56. The lowest BCUT2D eigenvalue weighted by Crippen LogP contribution is -2.35. The summed E-state index contributed by atoms with van der Waals surface area (Å²) < 4.78 is 7.64. The summed E-state index contributed by atoms with van der Waals surface area (Å²) in [4.78, 5) is 25.0. The molecule has 0 unspecified atom stereocenters. The van der Waals surface area contributed by atoms with Crippen LogP contribution in [-0.4, -0.2) is 22.6 Å². The Morgan fingerprint density at radius 3 is 2.86 bits per heavy atom. The molecule has 0 aliphatic carbocycles. The maximum absolute atomic E-state index is 12.7. The van der Waals surface area contributed by atoms with Gasteiger partial charge in [0.25, 0.3) is 5.91 Å². The van der Waals surface area contributed by atoms with Crippen LogP contribution < -0.4 is 15.5 Å². The lowest BCUT2D eigenvalue weighted by Gasteiger charge is -2.26. The Hall–Kier alpha value is -2.01. The second kappa shape index (κ2) is 5.32. The molecular weight excluding hydrogens is 304 g/mol. The summed E-state index contributed by atoms with van der Waals surface area (Å²) in [6.45, 7) is 6.20. The summed E-state index contributed by atoms with van der Waals surface area (Å²) in [5.74, 6) is 0.234. The van der Waals surface area contributed by atoms with Crippen molar-refractivity contribution >= 4 is 28.4 Å². The van der Waals surface area contributed by atoms with Crippen LogP contribution in [0.15, 0.2) is 23.1 Å². The second-order valence-electron chi connectivity index (χ2n) is 5.85. The van der Waals surface area contributed by atoms with Gasteiger partial charge in [-0.05, 0) is 32.9 Å². The fraction of sp³-hybridized carbons (Fsp3) is 0.375. The average Bonchev–Trinajstić information content (AvgIpc) is 2.43. The first kappa shape index (κ1) is 14.9. The minimum Gasteiger partial charge on any atom is -0.487 e. The highest BCUT2D eigenvalue weighted by Gasteiger charge is 2.24. The van der Waals surface area contributed by atoms with Gasteiger partial charge in [-0.15, -0.1) is 0 Å². The van der Waals surface area contributed by atoms with Crippen molar-refractivity contribution in [2.24, 2.45) is 0 Å². The highest BCUT2D eigenvalue weighted by atomic mass is 35.5. The van der Waals surface area contributed by atoms with Crippen LogP contribution in [0, 0.1) is 0 Å². The Balaban J connectivity index is 2.30. The number of amides is 1. The number of carbonyl (C=O) groups excluding carboxylic acids is 1. The van der Waals surface area contributed by atoms with Gasteiger partial charge in [-0.2, -0.15) is 0 Å². The largest absolute Gasteiger partial charge is 0.487 e. The third-order valence-corrected chi connectivity index (χ3v) is 3.90. The van der Waals surface area contributed by atoms with Crippen LogP contribution in [0.1, 0.15) is 31.1 Å². The van der Waals surface area contributed by atoms with Crippen LogP contribution in [0.3, 0.4) is 0 Å². The van der Waals surface area contributed by atoms with Gasteiger partial charge in [-0.3, -0.25) is 9.59 Å². The van der Waals surface area contributed by atoms with Gasteiger partial charge in [-0.1, -0.05) is 11.6 Å². The first-order valence-corrected chi connectivity index (χ1v) is 7.59. The predicted molar refractivity (Wildman–Crippen MR) is 85.9 cm³/mol. The number of ether oxygens (including phenoxy) is 1. The number of benzene rings is 1. The van der Waals surface area contributed by atoms with Gasteiger partial charge >= 0.3 is 0 Å². The van der Waals surface area contributed by atoms with Crippen molar-refractivity contribution in [1.29, 1.82) is 0 Å². The molecule has 0 saturated carbocycles. The molecule has 3 rings (SSSR count). The molecule has 1 aliphatic rings. The SMILES string of the molecule is CC(C)NC(=O)c1cn2c3c(ccc(Cl)c3c1=O)O[C@H](C)C2. The van der Waals surface area contributed by atoms with E-state index in [4.69, 9.17) is 16.3 Å². The molecule has 1 N–H and O–H groups in total. The third-order valence-electron chi connectivity index (χ3n) is 3.58. The first-order chi connectivity index (χ1) is 10.4. The van der Waals surface area contributed by atoms with Gasteiger partial charge in [0.2, 0.25) is 5.43 Å². The number of halogens is 1. The molecule has 6 heteroatoms. The van der Waals surface area contributed by atoms with Crippen molar-refractivity contribution in [2.45, 2.75) is 39.5 Å². The van der Waals surface area contributed by atoms with E-state index in [9.17, 15) is 9.59 Å². The lowest BCUT2D eigenvalue weighted by molar-refractivity contribution is 0.0940. The number of hydrogen-bond donors (Lipinski definition) is 1. The maximum atomic E-state index is 12.7. The van der Waals surface area contributed by atoms with E-state index in [1.54, 1.807) is 18.3 Å².